The Morgan fingerprint density at radius 3 is 2.67 bits per heavy atom. The highest BCUT2D eigenvalue weighted by Gasteiger charge is 2.19. The zero-order valence-corrected chi connectivity index (χ0v) is 14.3. The first-order valence-corrected chi connectivity index (χ1v) is 8.97. The van der Waals surface area contributed by atoms with E-state index >= 15 is 0 Å². The number of aromatic nitrogens is 1. The van der Waals surface area contributed by atoms with Gasteiger partial charge < -0.3 is 4.74 Å². The van der Waals surface area contributed by atoms with E-state index in [2.05, 4.69) is 9.71 Å². The lowest BCUT2D eigenvalue weighted by atomic mass is 10.2. The molecule has 0 aliphatic heterocycles. The van der Waals surface area contributed by atoms with Crippen molar-refractivity contribution in [2.24, 2.45) is 0 Å². The molecule has 0 amide bonds. The summed E-state index contributed by atoms with van der Waals surface area (Å²) in [5, 5.41) is 1.02. The predicted molar refractivity (Wildman–Crippen MR) is 93.5 cm³/mol. The molecule has 0 atom stereocenters. The van der Waals surface area contributed by atoms with Gasteiger partial charge in [-0.05, 0) is 36.8 Å². The molecule has 0 unspecified atom stereocenters. The van der Waals surface area contributed by atoms with Crippen LogP contribution in [0.15, 0.2) is 59.5 Å². The number of ether oxygens (including phenoxy) is 1. The summed E-state index contributed by atoms with van der Waals surface area (Å²) >= 11 is 0. The molecule has 124 valence electrons. The Balaban J connectivity index is 1.85. The zero-order valence-electron chi connectivity index (χ0n) is 13.5. The van der Waals surface area contributed by atoms with Crippen molar-refractivity contribution in [2.45, 2.75) is 18.4 Å². The van der Waals surface area contributed by atoms with Gasteiger partial charge in [0.15, 0.2) is 0 Å². The van der Waals surface area contributed by atoms with Crippen LogP contribution in [0.4, 0.5) is 0 Å². The SMILES string of the molecule is COc1ccc(C)cc1S(=O)(=O)NCc1ccc2ccccc2n1. The summed E-state index contributed by atoms with van der Waals surface area (Å²) in [6.07, 6.45) is 0. The topological polar surface area (TPSA) is 68.3 Å². The summed E-state index contributed by atoms with van der Waals surface area (Å²) in [6.45, 7) is 1.95. The standard InChI is InChI=1S/C18H18N2O3S/c1-13-7-10-17(23-2)18(11-13)24(21,22)19-12-15-9-8-14-5-3-4-6-16(14)20-15/h3-11,19H,12H2,1-2H3. The molecule has 3 rings (SSSR count). The van der Waals surface area contributed by atoms with Crippen molar-refractivity contribution in [2.75, 3.05) is 7.11 Å². The molecule has 0 saturated heterocycles. The first-order valence-electron chi connectivity index (χ1n) is 7.48. The number of fused-ring (bicyclic) bond motifs is 1. The van der Waals surface area contributed by atoms with Crippen molar-refractivity contribution in [3.63, 3.8) is 0 Å². The number of para-hydroxylation sites is 1. The van der Waals surface area contributed by atoms with Crippen LogP contribution in [0, 0.1) is 6.92 Å². The summed E-state index contributed by atoms with van der Waals surface area (Å²) in [7, 11) is -2.24. The Bertz CT molecular complexity index is 984. The van der Waals surface area contributed by atoms with E-state index in [9.17, 15) is 8.42 Å². The van der Waals surface area contributed by atoms with Crippen molar-refractivity contribution >= 4 is 20.9 Å². The van der Waals surface area contributed by atoms with E-state index in [1.807, 2.05) is 49.4 Å². The number of hydrogen-bond acceptors (Lipinski definition) is 4. The molecule has 2 aromatic carbocycles. The molecule has 0 bridgehead atoms. The van der Waals surface area contributed by atoms with Gasteiger partial charge in [-0.3, -0.25) is 4.98 Å². The minimum atomic E-state index is -3.69. The minimum Gasteiger partial charge on any atom is -0.495 e. The van der Waals surface area contributed by atoms with Gasteiger partial charge in [-0.2, -0.15) is 0 Å². The lowest BCUT2D eigenvalue weighted by Gasteiger charge is -2.11. The van der Waals surface area contributed by atoms with Crippen LogP contribution >= 0.6 is 0 Å². The van der Waals surface area contributed by atoms with Gasteiger partial charge in [0, 0.05) is 5.39 Å². The van der Waals surface area contributed by atoms with E-state index in [4.69, 9.17) is 4.74 Å². The van der Waals surface area contributed by atoms with Crippen LogP contribution in [0.25, 0.3) is 10.9 Å². The fraction of sp³-hybridized carbons (Fsp3) is 0.167. The molecule has 0 fully saturated rings. The van der Waals surface area contributed by atoms with E-state index in [1.54, 1.807) is 12.1 Å². The van der Waals surface area contributed by atoms with E-state index in [1.165, 1.54) is 7.11 Å². The van der Waals surface area contributed by atoms with Gasteiger partial charge in [-0.25, -0.2) is 13.1 Å². The van der Waals surface area contributed by atoms with Crippen molar-refractivity contribution in [3.8, 4) is 5.75 Å². The third-order valence-corrected chi connectivity index (χ3v) is 5.13. The third kappa shape index (κ3) is 3.39. The Kier molecular flexibility index (Phi) is 4.51. The zero-order chi connectivity index (χ0) is 17.2. The summed E-state index contributed by atoms with van der Waals surface area (Å²) in [6, 6.07) is 16.5. The molecule has 1 aromatic heterocycles. The highest BCUT2D eigenvalue weighted by Crippen LogP contribution is 2.24. The van der Waals surface area contributed by atoms with Crippen LogP contribution in [-0.2, 0) is 16.6 Å². The molecule has 5 nitrogen and oxygen atoms in total. The van der Waals surface area contributed by atoms with Gasteiger partial charge in [0.1, 0.15) is 10.6 Å². The van der Waals surface area contributed by atoms with Crippen LogP contribution in [0.3, 0.4) is 0 Å². The Morgan fingerprint density at radius 2 is 1.88 bits per heavy atom. The summed E-state index contributed by atoms with van der Waals surface area (Å²) in [4.78, 5) is 4.60. The maximum Gasteiger partial charge on any atom is 0.244 e. The number of hydrogen-bond donors (Lipinski definition) is 1. The predicted octanol–water partition coefficient (Wildman–Crippen LogP) is 3.03. The minimum absolute atomic E-state index is 0.115. The molecule has 1 heterocycles. The van der Waals surface area contributed by atoms with Gasteiger partial charge >= 0.3 is 0 Å². The van der Waals surface area contributed by atoms with E-state index < -0.39 is 10.0 Å². The maximum atomic E-state index is 12.6. The van der Waals surface area contributed by atoms with Crippen LogP contribution in [-0.4, -0.2) is 20.5 Å². The second-order valence-corrected chi connectivity index (χ2v) is 7.21. The highest BCUT2D eigenvalue weighted by atomic mass is 32.2. The quantitative estimate of drug-likeness (QED) is 0.774. The molecule has 6 heteroatoms. The molecule has 0 saturated carbocycles. The van der Waals surface area contributed by atoms with Crippen LogP contribution in [0.5, 0.6) is 5.75 Å². The fourth-order valence-electron chi connectivity index (χ4n) is 2.45. The summed E-state index contributed by atoms with van der Waals surface area (Å²) < 4.78 is 32.9. The molecule has 1 N–H and O–H groups in total. The number of benzene rings is 2. The number of nitrogens with zero attached hydrogens (tertiary/aromatic N) is 1. The number of rotatable bonds is 5. The first-order chi connectivity index (χ1) is 11.5. The fourth-order valence-corrected chi connectivity index (χ4v) is 3.70. The lowest BCUT2D eigenvalue weighted by molar-refractivity contribution is 0.402. The number of aryl methyl sites for hydroxylation is 1. The Morgan fingerprint density at radius 1 is 1.08 bits per heavy atom. The number of nitrogens with one attached hydrogen (secondary N) is 1. The van der Waals surface area contributed by atoms with Crippen LogP contribution < -0.4 is 9.46 Å². The maximum absolute atomic E-state index is 12.6. The smallest absolute Gasteiger partial charge is 0.244 e. The van der Waals surface area contributed by atoms with Crippen molar-refractivity contribution in [3.05, 3.63) is 65.9 Å². The number of methoxy groups -OCH3 is 1. The second kappa shape index (κ2) is 6.59. The van der Waals surface area contributed by atoms with Crippen LogP contribution in [0.1, 0.15) is 11.3 Å². The van der Waals surface area contributed by atoms with Gasteiger partial charge in [-0.15, -0.1) is 0 Å². The Hall–Kier alpha value is -2.44. The summed E-state index contributed by atoms with van der Waals surface area (Å²) in [5.74, 6) is 0.319. The first kappa shape index (κ1) is 16.4. The number of pyridine rings is 1. The van der Waals surface area contributed by atoms with E-state index in [-0.39, 0.29) is 11.4 Å². The monoisotopic (exact) mass is 342 g/mol. The normalized spacial score (nSPS) is 11.6. The molecule has 0 radical (unpaired) electrons. The van der Waals surface area contributed by atoms with Crippen molar-refractivity contribution < 1.29 is 13.2 Å². The van der Waals surface area contributed by atoms with Gasteiger partial charge in [-0.1, -0.05) is 30.3 Å². The van der Waals surface area contributed by atoms with Gasteiger partial charge in [0.05, 0.1) is 24.9 Å². The number of sulfonamides is 1. The largest absolute Gasteiger partial charge is 0.495 e. The van der Waals surface area contributed by atoms with Gasteiger partial charge in [0.25, 0.3) is 0 Å². The van der Waals surface area contributed by atoms with E-state index in [0.29, 0.717) is 11.4 Å². The molecule has 0 aliphatic carbocycles. The van der Waals surface area contributed by atoms with Gasteiger partial charge in [0.2, 0.25) is 10.0 Å². The van der Waals surface area contributed by atoms with Crippen LogP contribution in [0.2, 0.25) is 0 Å². The molecular formula is C18H18N2O3S. The molecule has 0 aliphatic rings. The second-order valence-electron chi connectivity index (χ2n) is 5.47. The molecule has 0 spiro atoms. The molecule has 24 heavy (non-hydrogen) atoms. The average Bonchev–Trinajstić information content (AvgIpc) is 2.60. The Labute approximate surface area is 141 Å². The third-order valence-electron chi connectivity index (χ3n) is 3.71. The van der Waals surface area contributed by atoms with E-state index in [0.717, 1.165) is 16.5 Å². The molecule has 3 aromatic rings. The van der Waals surface area contributed by atoms with Crippen molar-refractivity contribution in [1.29, 1.82) is 0 Å². The molecular weight excluding hydrogens is 324 g/mol. The average molecular weight is 342 g/mol. The highest BCUT2D eigenvalue weighted by molar-refractivity contribution is 7.89. The summed E-state index contributed by atoms with van der Waals surface area (Å²) in [5.41, 5.74) is 2.34. The lowest BCUT2D eigenvalue weighted by Crippen LogP contribution is -2.24. The van der Waals surface area contributed by atoms with Crippen molar-refractivity contribution in [1.82, 2.24) is 9.71 Å².